The summed E-state index contributed by atoms with van der Waals surface area (Å²) < 4.78 is 0. The van der Waals surface area contributed by atoms with E-state index in [1.54, 1.807) is 13.1 Å². The Hall–Kier alpha value is -1.79. The Labute approximate surface area is 175 Å². The molecule has 2 fully saturated rings. The molecule has 0 amide bonds. The Morgan fingerprint density at radius 2 is 1.66 bits per heavy atom. The molecule has 0 aliphatic carbocycles. The van der Waals surface area contributed by atoms with E-state index in [4.69, 9.17) is 0 Å². The summed E-state index contributed by atoms with van der Waals surface area (Å²) in [7, 11) is 0. The number of nitrogens with zero attached hydrogens (tertiary/aromatic N) is 4. The summed E-state index contributed by atoms with van der Waals surface area (Å²) in [5.41, 5.74) is 0.313. The second-order valence-electron chi connectivity index (χ2n) is 9.69. The summed E-state index contributed by atoms with van der Waals surface area (Å²) in [5, 5.41) is 0. The highest BCUT2D eigenvalue weighted by Crippen LogP contribution is 2.23. The van der Waals surface area contributed by atoms with Gasteiger partial charge in [0.2, 0.25) is 0 Å². The lowest BCUT2D eigenvalue weighted by molar-refractivity contribution is -0.118. The van der Waals surface area contributed by atoms with E-state index in [-0.39, 0.29) is 17.0 Å². The van der Waals surface area contributed by atoms with E-state index in [1.807, 2.05) is 32.9 Å². The molecular formula is C23H36N4O2. The highest BCUT2D eigenvalue weighted by Gasteiger charge is 2.26. The number of rotatable bonds is 6. The lowest BCUT2D eigenvalue weighted by Crippen LogP contribution is -2.49. The van der Waals surface area contributed by atoms with Crippen molar-refractivity contribution in [2.45, 2.75) is 40.5 Å². The molecule has 29 heavy (non-hydrogen) atoms. The summed E-state index contributed by atoms with van der Waals surface area (Å²) in [6, 6.07) is 3.90. The van der Waals surface area contributed by atoms with Gasteiger partial charge in [-0.1, -0.05) is 20.8 Å². The third-order valence-electron chi connectivity index (χ3n) is 6.06. The number of hydrogen-bond acceptors (Lipinski definition) is 6. The first-order chi connectivity index (χ1) is 13.7. The molecule has 0 radical (unpaired) electrons. The molecule has 1 aromatic rings. The first-order valence-corrected chi connectivity index (χ1v) is 10.9. The number of piperidine rings is 1. The van der Waals surface area contributed by atoms with Crippen molar-refractivity contribution >= 4 is 17.4 Å². The van der Waals surface area contributed by atoms with Gasteiger partial charge in [-0.15, -0.1) is 0 Å². The predicted molar refractivity (Wildman–Crippen MR) is 117 cm³/mol. The highest BCUT2D eigenvalue weighted by molar-refractivity contribution is 5.99. The molecule has 1 aromatic heterocycles. The summed E-state index contributed by atoms with van der Waals surface area (Å²) in [4.78, 5) is 35.4. The zero-order valence-electron chi connectivity index (χ0n) is 18.5. The van der Waals surface area contributed by atoms with Crippen LogP contribution < -0.4 is 4.90 Å². The zero-order chi connectivity index (χ0) is 21.0. The van der Waals surface area contributed by atoms with Crippen LogP contribution in [0, 0.1) is 11.3 Å². The van der Waals surface area contributed by atoms with Crippen molar-refractivity contribution < 1.29 is 9.59 Å². The summed E-state index contributed by atoms with van der Waals surface area (Å²) >= 11 is 0. The van der Waals surface area contributed by atoms with Crippen molar-refractivity contribution in [2.24, 2.45) is 11.3 Å². The Morgan fingerprint density at radius 3 is 2.17 bits per heavy atom. The second-order valence-corrected chi connectivity index (χ2v) is 9.69. The number of hydrogen-bond donors (Lipinski definition) is 0. The van der Waals surface area contributed by atoms with Crippen LogP contribution in [0.1, 0.15) is 50.9 Å². The van der Waals surface area contributed by atoms with Crippen LogP contribution >= 0.6 is 0 Å². The Morgan fingerprint density at radius 1 is 1.00 bits per heavy atom. The largest absolute Gasteiger partial charge is 0.354 e. The van der Waals surface area contributed by atoms with Crippen LogP contribution in [0.3, 0.4) is 0 Å². The van der Waals surface area contributed by atoms with Gasteiger partial charge in [-0.05, 0) is 50.9 Å². The van der Waals surface area contributed by atoms with Gasteiger partial charge in [-0.2, -0.15) is 0 Å². The Kier molecular flexibility index (Phi) is 7.06. The molecular weight excluding hydrogens is 364 g/mol. The quantitative estimate of drug-likeness (QED) is 0.685. The highest BCUT2D eigenvalue weighted by atomic mass is 16.1. The van der Waals surface area contributed by atoms with E-state index < -0.39 is 0 Å². The molecule has 6 nitrogen and oxygen atoms in total. The molecule has 0 saturated carbocycles. The first-order valence-electron chi connectivity index (χ1n) is 10.9. The first kappa shape index (κ1) is 21.9. The summed E-state index contributed by atoms with van der Waals surface area (Å²) in [5.74, 6) is 2.11. The molecule has 3 rings (SSSR count). The molecule has 2 aliphatic rings. The van der Waals surface area contributed by atoms with E-state index in [1.165, 1.54) is 12.8 Å². The summed E-state index contributed by atoms with van der Waals surface area (Å²) in [6.07, 6.45) is 4.11. The number of carbonyl (C=O) groups excluding carboxylic acids is 2. The van der Waals surface area contributed by atoms with Gasteiger partial charge >= 0.3 is 0 Å². The van der Waals surface area contributed by atoms with Crippen LogP contribution in [0.4, 0.5) is 5.82 Å². The normalized spacial score (nSPS) is 20.1. The molecule has 2 aliphatic heterocycles. The standard InChI is InChI=1S/C23H36N4O2/c1-18(28)16-25-9-7-19(8-10-25)17-26-11-13-27(14-12-26)21-6-5-20(15-24-21)22(29)23(2,3)4/h5-6,15,19H,7-14,16-17H2,1-4H3. The minimum Gasteiger partial charge on any atom is -0.354 e. The molecule has 3 heterocycles. The maximum Gasteiger partial charge on any atom is 0.169 e. The van der Waals surface area contributed by atoms with Crippen molar-refractivity contribution in [3.05, 3.63) is 23.9 Å². The fraction of sp³-hybridized carbons (Fsp3) is 0.696. The average molecular weight is 401 g/mol. The van der Waals surface area contributed by atoms with Gasteiger partial charge in [0.1, 0.15) is 11.6 Å². The Balaban J connectivity index is 1.44. The molecule has 0 unspecified atom stereocenters. The van der Waals surface area contributed by atoms with Crippen molar-refractivity contribution in [3.8, 4) is 0 Å². The zero-order valence-corrected chi connectivity index (χ0v) is 18.5. The number of Topliss-reactive ketones (excluding diaryl/α,β-unsaturated/α-hetero) is 2. The maximum absolute atomic E-state index is 12.4. The molecule has 0 aromatic carbocycles. The van der Waals surface area contributed by atoms with Crippen LogP contribution in [0.5, 0.6) is 0 Å². The average Bonchev–Trinajstić information content (AvgIpc) is 2.69. The van der Waals surface area contributed by atoms with Gasteiger partial charge in [-0.25, -0.2) is 4.98 Å². The molecule has 160 valence electrons. The van der Waals surface area contributed by atoms with Crippen molar-refractivity contribution in [2.75, 3.05) is 57.3 Å². The minimum absolute atomic E-state index is 0.135. The van der Waals surface area contributed by atoms with Crippen molar-refractivity contribution in [3.63, 3.8) is 0 Å². The van der Waals surface area contributed by atoms with E-state index in [2.05, 4.69) is 19.7 Å². The molecule has 0 N–H and O–H groups in total. The van der Waals surface area contributed by atoms with E-state index >= 15 is 0 Å². The lowest BCUT2D eigenvalue weighted by Gasteiger charge is -2.39. The number of anilines is 1. The van der Waals surface area contributed by atoms with Gasteiger partial charge in [0.05, 0.1) is 6.54 Å². The number of pyridine rings is 1. The van der Waals surface area contributed by atoms with E-state index in [0.29, 0.717) is 12.1 Å². The second kappa shape index (κ2) is 9.35. The molecule has 0 spiro atoms. The summed E-state index contributed by atoms with van der Waals surface area (Å²) in [6.45, 7) is 15.4. The van der Waals surface area contributed by atoms with Gasteiger partial charge in [0, 0.05) is 49.9 Å². The Bertz CT molecular complexity index is 695. The van der Waals surface area contributed by atoms with Crippen LogP contribution in [-0.2, 0) is 4.79 Å². The van der Waals surface area contributed by atoms with Gasteiger partial charge < -0.3 is 4.90 Å². The monoisotopic (exact) mass is 400 g/mol. The molecule has 0 atom stereocenters. The molecule has 2 saturated heterocycles. The maximum atomic E-state index is 12.4. The van der Waals surface area contributed by atoms with Crippen molar-refractivity contribution in [1.29, 1.82) is 0 Å². The van der Waals surface area contributed by atoms with E-state index in [0.717, 1.165) is 57.5 Å². The van der Waals surface area contributed by atoms with Crippen LogP contribution in [0.25, 0.3) is 0 Å². The van der Waals surface area contributed by atoms with Crippen LogP contribution in [0.2, 0.25) is 0 Å². The van der Waals surface area contributed by atoms with Crippen LogP contribution in [-0.4, -0.2) is 78.7 Å². The third kappa shape index (κ3) is 6.09. The fourth-order valence-electron chi connectivity index (χ4n) is 4.31. The van der Waals surface area contributed by atoms with E-state index in [9.17, 15) is 9.59 Å². The number of aromatic nitrogens is 1. The van der Waals surface area contributed by atoms with Crippen LogP contribution in [0.15, 0.2) is 18.3 Å². The number of likely N-dealkylation sites (tertiary alicyclic amines) is 1. The SMILES string of the molecule is CC(=O)CN1CCC(CN2CCN(c3ccc(C(=O)C(C)(C)C)cn3)CC2)CC1. The van der Waals surface area contributed by atoms with Gasteiger partial charge in [0.25, 0.3) is 0 Å². The smallest absolute Gasteiger partial charge is 0.169 e. The van der Waals surface area contributed by atoms with Gasteiger partial charge in [-0.3, -0.25) is 19.4 Å². The topological polar surface area (TPSA) is 56.8 Å². The molecule has 6 heteroatoms. The molecule has 0 bridgehead atoms. The predicted octanol–water partition coefficient (Wildman–Crippen LogP) is 2.73. The lowest BCUT2D eigenvalue weighted by atomic mass is 9.87. The number of piperazine rings is 1. The van der Waals surface area contributed by atoms with Gasteiger partial charge in [0.15, 0.2) is 5.78 Å². The minimum atomic E-state index is -0.378. The third-order valence-corrected chi connectivity index (χ3v) is 6.06. The number of ketones is 2. The fourth-order valence-corrected chi connectivity index (χ4v) is 4.31. The van der Waals surface area contributed by atoms with Crippen molar-refractivity contribution in [1.82, 2.24) is 14.8 Å². The number of carbonyl (C=O) groups is 2.